The second-order valence-electron chi connectivity index (χ2n) is 9.14. The number of hydrogen-bond donors (Lipinski definition) is 0. The Morgan fingerprint density at radius 3 is 2.61 bits per heavy atom. The fraction of sp³-hybridized carbons (Fsp3) is 0.462. The minimum atomic E-state index is 0.0786. The predicted octanol–water partition coefficient (Wildman–Crippen LogP) is 5.88. The van der Waals surface area contributed by atoms with Crippen LogP contribution in [0.3, 0.4) is 0 Å². The maximum Gasteiger partial charge on any atom is 0.261 e. The topological polar surface area (TPSA) is 38.1 Å². The van der Waals surface area contributed by atoms with Gasteiger partial charge in [0.1, 0.15) is 5.82 Å². The lowest BCUT2D eigenvalue weighted by molar-refractivity contribution is 0.168. The molecule has 0 amide bonds. The number of fused-ring (bicyclic) bond motifs is 1. The molecule has 0 bridgehead atoms. The van der Waals surface area contributed by atoms with Crippen molar-refractivity contribution in [2.75, 3.05) is 19.6 Å². The first kappa shape index (κ1) is 22.0. The fourth-order valence-corrected chi connectivity index (χ4v) is 4.82. The van der Waals surface area contributed by atoms with E-state index in [1.165, 1.54) is 19.4 Å². The van der Waals surface area contributed by atoms with Gasteiger partial charge in [-0.25, -0.2) is 4.98 Å². The Morgan fingerprint density at radius 2 is 1.90 bits per heavy atom. The highest BCUT2D eigenvalue weighted by Crippen LogP contribution is 2.27. The zero-order valence-electron chi connectivity index (χ0n) is 19.0. The van der Waals surface area contributed by atoms with Gasteiger partial charge in [-0.3, -0.25) is 9.36 Å². The average Bonchev–Trinajstić information content (AvgIpc) is 2.77. The molecule has 0 spiro atoms. The lowest BCUT2D eigenvalue weighted by atomic mass is 9.97. The lowest BCUT2D eigenvalue weighted by Crippen LogP contribution is -2.39. The molecule has 0 unspecified atom stereocenters. The number of nitrogens with zero attached hydrogens (tertiary/aromatic N) is 3. The van der Waals surface area contributed by atoms with E-state index in [0.717, 1.165) is 52.7 Å². The number of halogens is 1. The third-order valence-electron chi connectivity index (χ3n) is 6.48. The van der Waals surface area contributed by atoms with Gasteiger partial charge >= 0.3 is 0 Å². The molecule has 31 heavy (non-hydrogen) atoms. The van der Waals surface area contributed by atoms with Gasteiger partial charge in [0.05, 0.1) is 10.9 Å². The maximum atomic E-state index is 13.7. The van der Waals surface area contributed by atoms with Crippen LogP contribution in [-0.2, 0) is 6.54 Å². The Labute approximate surface area is 189 Å². The number of rotatable bonds is 5. The summed E-state index contributed by atoms with van der Waals surface area (Å²) in [4.78, 5) is 21.1. The van der Waals surface area contributed by atoms with E-state index in [1.807, 2.05) is 41.8 Å². The number of piperidine rings is 1. The van der Waals surface area contributed by atoms with E-state index in [0.29, 0.717) is 11.3 Å². The van der Waals surface area contributed by atoms with Crippen LogP contribution in [0.15, 0.2) is 41.2 Å². The monoisotopic (exact) mass is 437 g/mol. The standard InChI is InChI=1S/C26H32ClN3O/c1-5-29-12-6-7-19(15-29)16-30-25(17(2)3)28-24-11-9-21(14-22(24)26(30)31)20-8-10-23(27)18(4)13-20/h8-11,13-14,17,19H,5-7,12,15-16H2,1-4H3/t19-/m0/s1. The molecule has 5 heteroatoms. The number of benzene rings is 2. The van der Waals surface area contributed by atoms with E-state index >= 15 is 0 Å². The molecular weight excluding hydrogens is 406 g/mol. The van der Waals surface area contributed by atoms with Crippen molar-refractivity contribution in [3.8, 4) is 11.1 Å². The molecule has 1 aliphatic heterocycles. The normalized spacial score (nSPS) is 17.5. The molecular formula is C26H32ClN3O. The zero-order valence-corrected chi connectivity index (χ0v) is 19.7. The van der Waals surface area contributed by atoms with E-state index < -0.39 is 0 Å². The van der Waals surface area contributed by atoms with Crippen molar-refractivity contribution in [2.24, 2.45) is 5.92 Å². The molecule has 2 heterocycles. The molecule has 3 aromatic rings. The summed E-state index contributed by atoms with van der Waals surface area (Å²) >= 11 is 6.20. The van der Waals surface area contributed by atoms with Crippen molar-refractivity contribution in [3.05, 3.63) is 63.2 Å². The van der Waals surface area contributed by atoms with Crippen LogP contribution in [0.4, 0.5) is 0 Å². The SMILES string of the molecule is CCN1CCC[C@H](Cn2c(C(C)C)nc3ccc(-c4ccc(Cl)c(C)c4)cc3c2=O)C1. The van der Waals surface area contributed by atoms with Crippen molar-refractivity contribution in [3.63, 3.8) is 0 Å². The lowest BCUT2D eigenvalue weighted by Gasteiger charge is -2.32. The van der Waals surface area contributed by atoms with Crippen molar-refractivity contribution < 1.29 is 0 Å². The number of aromatic nitrogens is 2. The third kappa shape index (κ3) is 4.56. The van der Waals surface area contributed by atoms with Gasteiger partial charge in [0, 0.05) is 24.0 Å². The fourth-order valence-electron chi connectivity index (χ4n) is 4.70. The average molecular weight is 438 g/mol. The molecule has 1 aliphatic rings. The van der Waals surface area contributed by atoms with Crippen molar-refractivity contribution >= 4 is 22.5 Å². The van der Waals surface area contributed by atoms with Gasteiger partial charge in [-0.2, -0.15) is 0 Å². The van der Waals surface area contributed by atoms with E-state index in [1.54, 1.807) is 0 Å². The molecule has 4 rings (SSSR count). The minimum Gasteiger partial charge on any atom is -0.303 e. The Morgan fingerprint density at radius 1 is 1.16 bits per heavy atom. The molecule has 0 aliphatic carbocycles. The number of aryl methyl sites for hydroxylation is 1. The first-order valence-electron chi connectivity index (χ1n) is 11.4. The highest BCUT2D eigenvalue weighted by molar-refractivity contribution is 6.31. The molecule has 2 aromatic carbocycles. The van der Waals surface area contributed by atoms with Crippen molar-refractivity contribution in [1.29, 1.82) is 0 Å². The largest absolute Gasteiger partial charge is 0.303 e. The first-order valence-corrected chi connectivity index (χ1v) is 11.8. The highest BCUT2D eigenvalue weighted by Gasteiger charge is 2.22. The van der Waals surface area contributed by atoms with Crippen molar-refractivity contribution in [2.45, 2.75) is 53.0 Å². The Balaban J connectivity index is 1.78. The summed E-state index contributed by atoms with van der Waals surface area (Å²) in [5, 5.41) is 1.45. The first-order chi connectivity index (χ1) is 14.9. The second kappa shape index (κ2) is 9.13. The Bertz CT molecular complexity index is 1150. The van der Waals surface area contributed by atoms with E-state index in [4.69, 9.17) is 16.6 Å². The van der Waals surface area contributed by atoms with Gasteiger partial charge in [0.2, 0.25) is 0 Å². The van der Waals surface area contributed by atoms with Crippen LogP contribution in [0.5, 0.6) is 0 Å². The predicted molar refractivity (Wildman–Crippen MR) is 130 cm³/mol. The third-order valence-corrected chi connectivity index (χ3v) is 6.91. The van der Waals surface area contributed by atoms with Crippen LogP contribution in [0, 0.1) is 12.8 Å². The van der Waals surface area contributed by atoms with Gasteiger partial charge in [0.25, 0.3) is 5.56 Å². The smallest absolute Gasteiger partial charge is 0.261 e. The van der Waals surface area contributed by atoms with Crippen LogP contribution in [0.2, 0.25) is 5.02 Å². The summed E-state index contributed by atoms with van der Waals surface area (Å²) < 4.78 is 1.95. The van der Waals surface area contributed by atoms with Crippen LogP contribution in [0.25, 0.3) is 22.0 Å². The van der Waals surface area contributed by atoms with Gasteiger partial charge in [-0.1, -0.05) is 44.5 Å². The summed E-state index contributed by atoms with van der Waals surface area (Å²) in [6.07, 6.45) is 2.37. The summed E-state index contributed by atoms with van der Waals surface area (Å²) in [6.45, 7) is 12.5. The van der Waals surface area contributed by atoms with Gasteiger partial charge in [-0.15, -0.1) is 0 Å². The van der Waals surface area contributed by atoms with E-state index in [-0.39, 0.29) is 11.5 Å². The molecule has 164 valence electrons. The summed E-state index contributed by atoms with van der Waals surface area (Å²) in [5.74, 6) is 1.58. The van der Waals surface area contributed by atoms with Crippen LogP contribution >= 0.6 is 11.6 Å². The van der Waals surface area contributed by atoms with Gasteiger partial charge in [-0.05, 0) is 79.7 Å². The quantitative estimate of drug-likeness (QED) is 0.500. The van der Waals surface area contributed by atoms with Crippen LogP contribution in [0.1, 0.15) is 50.9 Å². The Hall–Kier alpha value is -2.17. The molecule has 1 fully saturated rings. The molecule has 0 radical (unpaired) electrons. The summed E-state index contributed by atoms with van der Waals surface area (Å²) in [6, 6.07) is 12.0. The Kier molecular flexibility index (Phi) is 6.49. The molecule has 4 nitrogen and oxygen atoms in total. The molecule has 1 aromatic heterocycles. The van der Waals surface area contributed by atoms with E-state index in [2.05, 4.69) is 31.7 Å². The van der Waals surface area contributed by atoms with Gasteiger partial charge < -0.3 is 4.90 Å². The second-order valence-corrected chi connectivity index (χ2v) is 9.55. The van der Waals surface area contributed by atoms with Crippen molar-refractivity contribution in [1.82, 2.24) is 14.5 Å². The number of likely N-dealkylation sites (tertiary alicyclic amines) is 1. The van der Waals surface area contributed by atoms with Gasteiger partial charge in [0.15, 0.2) is 0 Å². The molecule has 1 atom stereocenters. The molecule has 0 saturated carbocycles. The minimum absolute atomic E-state index is 0.0786. The summed E-state index contributed by atoms with van der Waals surface area (Å²) in [5.41, 5.74) is 3.97. The maximum absolute atomic E-state index is 13.7. The number of hydrogen-bond acceptors (Lipinski definition) is 3. The summed E-state index contributed by atoms with van der Waals surface area (Å²) in [7, 11) is 0. The molecule has 1 saturated heterocycles. The zero-order chi connectivity index (χ0) is 22.1. The molecule has 0 N–H and O–H groups in total. The van der Waals surface area contributed by atoms with E-state index in [9.17, 15) is 4.79 Å². The highest BCUT2D eigenvalue weighted by atomic mass is 35.5. The van der Waals surface area contributed by atoms with Crippen LogP contribution in [-0.4, -0.2) is 34.1 Å². The van der Waals surface area contributed by atoms with Crippen LogP contribution < -0.4 is 5.56 Å².